The molecule has 3 saturated heterocycles. The van der Waals surface area contributed by atoms with E-state index < -0.39 is 28.7 Å². The van der Waals surface area contributed by atoms with Gasteiger partial charge in [-0.05, 0) is 88.1 Å². The van der Waals surface area contributed by atoms with Crippen LogP contribution in [0.5, 0.6) is 5.75 Å². The summed E-state index contributed by atoms with van der Waals surface area (Å²) in [4.78, 5) is 52.0. The summed E-state index contributed by atoms with van der Waals surface area (Å²) in [5, 5.41) is 10.5. The van der Waals surface area contributed by atoms with E-state index in [2.05, 4.69) is 38.8 Å². The summed E-state index contributed by atoms with van der Waals surface area (Å²) in [6.45, 7) is 20.6. The molecule has 2 aromatic rings. The average Bonchev–Trinajstić information content (AvgIpc) is 3.71. The van der Waals surface area contributed by atoms with Crippen LogP contribution in [0, 0.1) is 17.8 Å². The van der Waals surface area contributed by atoms with Crippen molar-refractivity contribution in [2.45, 2.75) is 69.5 Å². The van der Waals surface area contributed by atoms with Crippen LogP contribution < -0.4 is 19.4 Å². The maximum absolute atomic E-state index is 15.1. The van der Waals surface area contributed by atoms with Gasteiger partial charge >= 0.3 is 0 Å². The van der Waals surface area contributed by atoms with Gasteiger partial charge in [0.25, 0.3) is 5.91 Å². The number of carbonyl (C=O) groups excluding carboxylic acids is 3. The van der Waals surface area contributed by atoms with Gasteiger partial charge in [0.15, 0.2) is 0 Å². The molecule has 9 nitrogen and oxygen atoms in total. The lowest BCUT2D eigenvalue weighted by molar-refractivity contribution is -0.142. The number of fused-ring (bicyclic) bond motifs is 1. The number of benzene rings is 2. The number of likely N-dealkylation sites (tertiary alicyclic amines) is 1. The van der Waals surface area contributed by atoms with Crippen molar-refractivity contribution in [3.63, 3.8) is 0 Å². The third-order valence-electron chi connectivity index (χ3n) is 10.7. The molecule has 0 aromatic heterocycles. The highest BCUT2D eigenvalue weighted by Gasteiger charge is 2.77. The van der Waals surface area contributed by atoms with Gasteiger partial charge in [-0.15, -0.1) is 24.9 Å². The highest BCUT2D eigenvalue weighted by molar-refractivity contribution is 8.02. The SMILES string of the molecule is C=CCN(C(=O)C1N([C@@H](CC)CO)C(=O)[C@@H]2[C@H](C(=O)N(CC=C)c3ccc(OCC)cc3)[C@@H]3CC(C)C12S3)c1ccc(N(CC)CC)cc1. The maximum atomic E-state index is 15.1. The van der Waals surface area contributed by atoms with Crippen molar-refractivity contribution in [2.24, 2.45) is 17.8 Å². The molecule has 2 bridgehead atoms. The highest BCUT2D eigenvalue weighted by Crippen LogP contribution is 2.69. The number of aliphatic hydroxyl groups excluding tert-OH is 1. The van der Waals surface area contributed by atoms with E-state index in [1.165, 1.54) is 0 Å². The van der Waals surface area contributed by atoms with Crippen LogP contribution in [0.15, 0.2) is 73.8 Å². The van der Waals surface area contributed by atoms with Crippen LogP contribution >= 0.6 is 11.8 Å². The second-order valence-corrected chi connectivity index (χ2v) is 14.7. The van der Waals surface area contributed by atoms with Crippen LogP contribution in [-0.4, -0.2) is 89.2 Å². The Bertz CT molecular complexity index is 1510. The summed E-state index contributed by atoms with van der Waals surface area (Å²) in [6.07, 6.45) is 4.59. The second kappa shape index (κ2) is 15.4. The Morgan fingerprint density at radius 3 is 2.02 bits per heavy atom. The average molecular weight is 689 g/mol. The normalized spacial score (nSPS) is 25.9. The Kier molecular flexibility index (Phi) is 11.5. The standard InChI is InChI=1S/C39H52N4O5S/c1-8-22-41(30-18-20-31(21-19-30)48-13-6)36(45)33-32-24-26(7)39(49-32)34(33)37(46)43(27(10-3)25-44)35(39)38(47)42(23-9-2)29-16-14-28(15-17-29)40(11-4)12-5/h8-9,14-21,26-27,32-35,44H,1-2,10-13,22-25H2,3-7H3/t26?,27-,32-,33+,34-,35?,39?/m0/s1. The fourth-order valence-electron chi connectivity index (χ4n) is 8.38. The molecule has 3 heterocycles. The lowest BCUT2D eigenvalue weighted by Gasteiger charge is -2.42. The zero-order valence-electron chi connectivity index (χ0n) is 29.6. The molecule has 2 aromatic carbocycles. The molecule has 3 aliphatic heterocycles. The van der Waals surface area contributed by atoms with E-state index in [9.17, 15) is 14.7 Å². The number of aliphatic hydroxyl groups is 1. The number of hydrogen-bond acceptors (Lipinski definition) is 7. The van der Waals surface area contributed by atoms with Gasteiger partial charge in [0.2, 0.25) is 11.8 Å². The first-order valence-corrected chi connectivity index (χ1v) is 18.6. The molecule has 0 saturated carbocycles. The van der Waals surface area contributed by atoms with Crippen molar-refractivity contribution in [3.05, 3.63) is 73.8 Å². The number of amides is 3. The molecule has 7 atom stereocenters. The predicted octanol–water partition coefficient (Wildman–Crippen LogP) is 5.78. The zero-order valence-corrected chi connectivity index (χ0v) is 30.4. The summed E-state index contributed by atoms with van der Waals surface area (Å²) < 4.78 is 4.79. The first-order chi connectivity index (χ1) is 23.7. The lowest BCUT2D eigenvalue weighted by Crippen LogP contribution is -2.59. The van der Waals surface area contributed by atoms with Crippen LogP contribution in [0.1, 0.15) is 47.5 Å². The summed E-state index contributed by atoms with van der Waals surface area (Å²) in [7, 11) is 0. The van der Waals surface area contributed by atoms with Crippen LogP contribution in [-0.2, 0) is 14.4 Å². The van der Waals surface area contributed by atoms with Crippen molar-refractivity contribution < 1.29 is 24.2 Å². The molecule has 3 amide bonds. The van der Waals surface area contributed by atoms with Gasteiger partial charge in [0.05, 0.1) is 35.8 Å². The number of anilines is 3. The van der Waals surface area contributed by atoms with Gasteiger partial charge in [-0.3, -0.25) is 14.4 Å². The lowest BCUT2D eigenvalue weighted by atomic mass is 9.65. The van der Waals surface area contributed by atoms with E-state index in [1.807, 2.05) is 62.4 Å². The smallest absolute Gasteiger partial charge is 0.251 e. The molecule has 10 heteroatoms. The minimum atomic E-state index is -0.856. The molecule has 49 heavy (non-hydrogen) atoms. The van der Waals surface area contributed by atoms with Crippen molar-refractivity contribution in [1.29, 1.82) is 0 Å². The van der Waals surface area contributed by atoms with Gasteiger partial charge in [-0.25, -0.2) is 0 Å². The first kappa shape index (κ1) is 36.5. The molecule has 1 N–H and O–H groups in total. The van der Waals surface area contributed by atoms with Crippen molar-refractivity contribution in [3.8, 4) is 5.75 Å². The Balaban J connectivity index is 1.57. The maximum Gasteiger partial charge on any atom is 0.251 e. The molecule has 264 valence electrons. The molecule has 3 unspecified atom stereocenters. The van der Waals surface area contributed by atoms with Gasteiger partial charge in [0.1, 0.15) is 11.8 Å². The quantitative estimate of drug-likeness (QED) is 0.224. The number of carbonyl (C=O) groups is 3. The van der Waals surface area contributed by atoms with E-state index in [-0.39, 0.29) is 48.6 Å². The van der Waals surface area contributed by atoms with Gasteiger partial charge in [-0.2, -0.15) is 0 Å². The summed E-state index contributed by atoms with van der Waals surface area (Å²) in [6, 6.07) is 13.9. The topological polar surface area (TPSA) is 93.6 Å². The molecule has 0 radical (unpaired) electrons. The van der Waals surface area contributed by atoms with Crippen LogP contribution in [0.2, 0.25) is 0 Å². The molecule has 0 aliphatic carbocycles. The Morgan fingerprint density at radius 2 is 1.51 bits per heavy atom. The Morgan fingerprint density at radius 1 is 0.959 bits per heavy atom. The summed E-state index contributed by atoms with van der Waals surface area (Å²) in [5.41, 5.74) is 2.49. The number of nitrogens with zero attached hydrogens (tertiary/aromatic N) is 4. The minimum Gasteiger partial charge on any atom is -0.494 e. The minimum absolute atomic E-state index is 0.00963. The number of rotatable bonds is 16. The zero-order chi connectivity index (χ0) is 35.5. The molecular weight excluding hydrogens is 637 g/mol. The van der Waals surface area contributed by atoms with E-state index in [1.54, 1.807) is 38.6 Å². The van der Waals surface area contributed by atoms with Gasteiger partial charge in [0, 0.05) is 48.5 Å². The molecule has 3 aliphatic rings. The molecule has 5 rings (SSSR count). The van der Waals surface area contributed by atoms with E-state index in [4.69, 9.17) is 4.74 Å². The number of thioether (sulfide) groups is 1. The highest BCUT2D eigenvalue weighted by atomic mass is 32.2. The van der Waals surface area contributed by atoms with Crippen molar-refractivity contribution in [2.75, 3.05) is 54.1 Å². The van der Waals surface area contributed by atoms with Crippen LogP contribution in [0.4, 0.5) is 17.1 Å². The third kappa shape index (κ3) is 6.27. The second-order valence-electron chi connectivity index (χ2n) is 13.1. The van der Waals surface area contributed by atoms with E-state index in [0.29, 0.717) is 30.9 Å². The molecule has 3 fully saturated rings. The van der Waals surface area contributed by atoms with E-state index in [0.717, 1.165) is 24.5 Å². The predicted molar refractivity (Wildman–Crippen MR) is 199 cm³/mol. The first-order valence-electron chi connectivity index (χ1n) is 17.7. The number of ether oxygens (including phenoxy) is 1. The van der Waals surface area contributed by atoms with E-state index >= 15 is 4.79 Å². The Labute approximate surface area is 296 Å². The monoisotopic (exact) mass is 688 g/mol. The fraction of sp³-hybridized carbons (Fsp3) is 0.513. The van der Waals surface area contributed by atoms with Crippen molar-refractivity contribution in [1.82, 2.24) is 4.90 Å². The summed E-state index contributed by atoms with van der Waals surface area (Å²) >= 11 is 1.64. The van der Waals surface area contributed by atoms with Gasteiger partial charge in [-0.1, -0.05) is 26.0 Å². The molecular formula is C39H52N4O5S. The Hall–Kier alpha value is -3.76. The molecule has 1 spiro atoms. The van der Waals surface area contributed by atoms with Crippen LogP contribution in [0.3, 0.4) is 0 Å². The fourth-order valence-corrected chi connectivity index (χ4v) is 10.8. The van der Waals surface area contributed by atoms with Gasteiger partial charge < -0.3 is 29.4 Å². The van der Waals surface area contributed by atoms with Crippen LogP contribution in [0.25, 0.3) is 0 Å². The largest absolute Gasteiger partial charge is 0.494 e. The number of hydrogen-bond donors (Lipinski definition) is 1. The third-order valence-corrected chi connectivity index (χ3v) is 12.8. The van der Waals surface area contributed by atoms with Crippen molar-refractivity contribution >= 4 is 46.5 Å². The summed E-state index contributed by atoms with van der Waals surface area (Å²) in [5.74, 6) is -1.21.